The van der Waals surface area contributed by atoms with Crippen molar-refractivity contribution >= 4 is 11.6 Å². The first-order valence-corrected chi connectivity index (χ1v) is 7.50. The molecule has 20 heavy (non-hydrogen) atoms. The summed E-state index contributed by atoms with van der Waals surface area (Å²) in [6, 6.07) is 7.99. The van der Waals surface area contributed by atoms with E-state index >= 15 is 0 Å². The van der Waals surface area contributed by atoms with Crippen molar-refractivity contribution in [3.8, 4) is 0 Å². The fourth-order valence-electron chi connectivity index (χ4n) is 2.33. The van der Waals surface area contributed by atoms with Crippen LogP contribution in [0, 0.1) is 0 Å². The van der Waals surface area contributed by atoms with Crippen LogP contribution in [0.1, 0.15) is 18.5 Å². The maximum Gasteiger partial charge on any atom is 0.0791 e. The van der Waals surface area contributed by atoms with Gasteiger partial charge in [-0.1, -0.05) is 23.7 Å². The largest absolute Gasteiger partial charge is 0.390 e. The number of hydrogen-bond acceptors (Lipinski definition) is 4. The zero-order chi connectivity index (χ0) is 14.4. The Bertz CT molecular complexity index is 393. The van der Waals surface area contributed by atoms with Gasteiger partial charge in [0.15, 0.2) is 0 Å². The lowest BCUT2D eigenvalue weighted by molar-refractivity contribution is 0.0145. The topological polar surface area (TPSA) is 44.7 Å². The van der Waals surface area contributed by atoms with Gasteiger partial charge in [0, 0.05) is 37.2 Å². The van der Waals surface area contributed by atoms with E-state index in [0.717, 1.165) is 31.3 Å². The summed E-state index contributed by atoms with van der Waals surface area (Å²) < 4.78 is 5.30. The highest BCUT2D eigenvalue weighted by molar-refractivity contribution is 6.30. The Morgan fingerprint density at radius 3 is 2.60 bits per heavy atom. The predicted molar refractivity (Wildman–Crippen MR) is 81.1 cm³/mol. The molecule has 1 aromatic carbocycles. The quantitative estimate of drug-likeness (QED) is 0.839. The van der Waals surface area contributed by atoms with E-state index in [2.05, 4.69) is 17.1 Å². The Kier molecular flexibility index (Phi) is 6.26. The summed E-state index contributed by atoms with van der Waals surface area (Å²) in [4.78, 5) is 2.24. The Morgan fingerprint density at radius 1 is 1.30 bits per heavy atom. The second-order valence-corrected chi connectivity index (χ2v) is 5.68. The number of aliphatic hydroxyl groups is 1. The minimum Gasteiger partial charge on any atom is -0.390 e. The molecule has 1 aromatic rings. The van der Waals surface area contributed by atoms with E-state index < -0.39 is 0 Å². The molecule has 0 bridgehead atoms. The van der Waals surface area contributed by atoms with Crippen LogP contribution in [0.4, 0.5) is 0 Å². The minimum atomic E-state index is -0.358. The van der Waals surface area contributed by atoms with Gasteiger partial charge in [-0.05, 0) is 24.6 Å². The van der Waals surface area contributed by atoms with E-state index in [4.69, 9.17) is 16.3 Å². The van der Waals surface area contributed by atoms with Crippen LogP contribution < -0.4 is 5.32 Å². The van der Waals surface area contributed by atoms with Gasteiger partial charge in [0.05, 0.1) is 19.3 Å². The third-order valence-electron chi connectivity index (χ3n) is 3.60. The molecule has 1 fully saturated rings. The molecule has 4 nitrogen and oxygen atoms in total. The normalized spacial score (nSPS) is 19.8. The van der Waals surface area contributed by atoms with Crippen molar-refractivity contribution in [1.29, 1.82) is 0 Å². The highest BCUT2D eigenvalue weighted by atomic mass is 35.5. The zero-order valence-electron chi connectivity index (χ0n) is 11.9. The second kappa shape index (κ2) is 7.96. The van der Waals surface area contributed by atoms with Gasteiger partial charge in [0.1, 0.15) is 0 Å². The molecule has 0 amide bonds. The predicted octanol–water partition coefficient (Wildman–Crippen LogP) is 1.68. The van der Waals surface area contributed by atoms with Crippen molar-refractivity contribution < 1.29 is 9.84 Å². The summed E-state index contributed by atoms with van der Waals surface area (Å²) in [5, 5.41) is 14.2. The number of halogens is 1. The molecule has 1 aliphatic heterocycles. The number of nitrogens with zero attached hydrogens (tertiary/aromatic N) is 1. The molecule has 1 heterocycles. The average Bonchev–Trinajstić information content (AvgIpc) is 2.46. The number of morpholine rings is 1. The van der Waals surface area contributed by atoms with Crippen molar-refractivity contribution in [3.05, 3.63) is 34.9 Å². The molecule has 2 unspecified atom stereocenters. The highest BCUT2D eigenvalue weighted by Gasteiger charge is 2.15. The summed E-state index contributed by atoms with van der Waals surface area (Å²) in [6.07, 6.45) is -0.358. The first-order valence-electron chi connectivity index (χ1n) is 7.12. The maximum atomic E-state index is 10.1. The lowest BCUT2D eigenvalue weighted by Crippen LogP contribution is -2.44. The summed E-state index contributed by atoms with van der Waals surface area (Å²) in [5.41, 5.74) is 1.17. The number of β-amino-alcohol motifs (C(OH)–C–C–N with tert-alkyl or cyclic N) is 1. The maximum absolute atomic E-state index is 10.1. The number of aliphatic hydroxyl groups excluding tert-OH is 1. The molecule has 0 spiro atoms. The highest BCUT2D eigenvalue weighted by Crippen LogP contribution is 2.15. The van der Waals surface area contributed by atoms with Crippen LogP contribution in [0.15, 0.2) is 24.3 Å². The van der Waals surface area contributed by atoms with Crippen molar-refractivity contribution in [1.82, 2.24) is 10.2 Å². The van der Waals surface area contributed by atoms with Gasteiger partial charge >= 0.3 is 0 Å². The molecule has 112 valence electrons. The number of rotatable bonds is 6. The van der Waals surface area contributed by atoms with Gasteiger partial charge in [-0.25, -0.2) is 0 Å². The third kappa shape index (κ3) is 5.04. The van der Waals surface area contributed by atoms with Crippen molar-refractivity contribution in [2.24, 2.45) is 0 Å². The standard InChI is InChI=1S/C15H23ClN2O2/c1-12(13-2-4-14(16)5-3-13)17-10-15(19)11-18-6-8-20-9-7-18/h2-5,12,15,17,19H,6-11H2,1H3. The molecule has 0 saturated carbocycles. The van der Waals surface area contributed by atoms with Crippen LogP contribution >= 0.6 is 11.6 Å². The molecule has 2 rings (SSSR count). The summed E-state index contributed by atoms with van der Waals surface area (Å²) in [7, 11) is 0. The summed E-state index contributed by atoms with van der Waals surface area (Å²) in [5.74, 6) is 0. The monoisotopic (exact) mass is 298 g/mol. The van der Waals surface area contributed by atoms with Crippen LogP contribution in [0.5, 0.6) is 0 Å². The Hall–Kier alpha value is -0.650. The Balaban J connectivity index is 1.71. The molecule has 1 saturated heterocycles. The smallest absolute Gasteiger partial charge is 0.0791 e. The summed E-state index contributed by atoms with van der Waals surface area (Å²) >= 11 is 5.88. The van der Waals surface area contributed by atoms with Crippen LogP contribution in [0.2, 0.25) is 5.02 Å². The third-order valence-corrected chi connectivity index (χ3v) is 3.85. The van der Waals surface area contributed by atoms with E-state index in [1.165, 1.54) is 5.56 Å². The molecule has 1 aliphatic rings. The first-order chi connectivity index (χ1) is 9.65. The minimum absolute atomic E-state index is 0.201. The number of nitrogens with one attached hydrogen (secondary N) is 1. The molecule has 2 atom stereocenters. The van der Waals surface area contributed by atoms with Crippen molar-refractivity contribution in [3.63, 3.8) is 0 Å². The number of ether oxygens (including phenoxy) is 1. The molecule has 5 heteroatoms. The molecule has 0 radical (unpaired) electrons. The van der Waals surface area contributed by atoms with Gasteiger partial charge in [-0.2, -0.15) is 0 Å². The van der Waals surface area contributed by atoms with Gasteiger partial charge in [0.25, 0.3) is 0 Å². The number of benzene rings is 1. The molecular formula is C15H23ClN2O2. The van der Waals surface area contributed by atoms with Gasteiger partial charge in [-0.15, -0.1) is 0 Å². The van der Waals surface area contributed by atoms with Crippen molar-refractivity contribution in [2.75, 3.05) is 39.4 Å². The molecule has 2 N–H and O–H groups in total. The van der Waals surface area contributed by atoms with E-state index in [1.54, 1.807) is 0 Å². The van der Waals surface area contributed by atoms with Crippen molar-refractivity contribution in [2.45, 2.75) is 19.1 Å². The van der Waals surface area contributed by atoms with E-state index in [-0.39, 0.29) is 12.1 Å². The van der Waals surface area contributed by atoms with Crippen LogP contribution in [-0.2, 0) is 4.74 Å². The first kappa shape index (κ1) is 15.7. The molecule has 0 aromatic heterocycles. The molecular weight excluding hydrogens is 276 g/mol. The Labute approximate surface area is 125 Å². The van der Waals surface area contributed by atoms with Crippen LogP contribution in [-0.4, -0.2) is 55.5 Å². The molecule has 0 aliphatic carbocycles. The lowest BCUT2D eigenvalue weighted by Gasteiger charge is -2.29. The average molecular weight is 299 g/mol. The van der Waals surface area contributed by atoms with E-state index in [0.29, 0.717) is 13.1 Å². The summed E-state index contributed by atoms with van der Waals surface area (Å²) in [6.45, 7) is 6.71. The van der Waals surface area contributed by atoms with E-state index in [9.17, 15) is 5.11 Å². The van der Waals surface area contributed by atoms with Crippen LogP contribution in [0.25, 0.3) is 0 Å². The SMILES string of the molecule is CC(NCC(O)CN1CCOCC1)c1ccc(Cl)cc1. The number of hydrogen-bond donors (Lipinski definition) is 2. The Morgan fingerprint density at radius 2 is 1.95 bits per heavy atom. The van der Waals surface area contributed by atoms with Gasteiger partial charge < -0.3 is 15.2 Å². The van der Waals surface area contributed by atoms with E-state index in [1.807, 2.05) is 24.3 Å². The van der Waals surface area contributed by atoms with Crippen LogP contribution in [0.3, 0.4) is 0 Å². The fourth-order valence-corrected chi connectivity index (χ4v) is 2.45. The van der Waals surface area contributed by atoms with Gasteiger partial charge in [0.2, 0.25) is 0 Å². The van der Waals surface area contributed by atoms with Gasteiger partial charge in [-0.3, -0.25) is 4.90 Å². The zero-order valence-corrected chi connectivity index (χ0v) is 12.6. The lowest BCUT2D eigenvalue weighted by atomic mass is 10.1. The second-order valence-electron chi connectivity index (χ2n) is 5.25. The fraction of sp³-hybridized carbons (Fsp3) is 0.600.